The normalized spacial score (nSPS) is 12.4. The maximum absolute atomic E-state index is 13.3. The number of halogens is 2. The fourth-order valence-corrected chi connectivity index (χ4v) is 3.60. The number of aromatic nitrogens is 3. The molecule has 0 aliphatic carbocycles. The Kier molecular flexibility index (Phi) is 6.69. The predicted molar refractivity (Wildman–Crippen MR) is 115 cm³/mol. The lowest BCUT2D eigenvalue weighted by molar-refractivity contribution is 0.506. The molecule has 0 spiro atoms. The first kappa shape index (κ1) is 21.0. The highest BCUT2D eigenvalue weighted by atomic mass is 35.5. The summed E-state index contributed by atoms with van der Waals surface area (Å²) in [5.41, 5.74) is 1.46. The third-order valence-electron chi connectivity index (χ3n) is 4.84. The molecule has 2 N–H and O–H groups in total. The number of nitrogens with zero attached hydrogens (tertiary/aromatic N) is 4. The van der Waals surface area contributed by atoms with E-state index < -0.39 is 0 Å². The summed E-state index contributed by atoms with van der Waals surface area (Å²) in [6.45, 7) is 5.47. The Morgan fingerprint density at radius 3 is 2.79 bits per heavy atom. The van der Waals surface area contributed by atoms with E-state index in [4.69, 9.17) is 11.6 Å². The Hall–Kier alpha value is -2.67. The van der Waals surface area contributed by atoms with Crippen LogP contribution in [0.25, 0.3) is 5.65 Å². The molecule has 3 aromatic rings. The van der Waals surface area contributed by atoms with Crippen LogP contribution >= 0.6 is 11.6 Å². The van der Waals surface area contributed by atoms with E-state index in [-0.39, 0.29) is 11.2 Å². The number of hydrogen-bond acceptors (Lipinski definition) is 3. The Balaban J connectivity index is 1.49. The second kappa shape index (κ2) is 9.22. The molecule has 0 saturated heterocycles. The minimum absolute atomic E-state index is 0.289. The molecule has 154 valence electrons. The number of benzene rings is 1. The van der Waals surface area contributed by atoms with Crippen LogP contribution in [0.3, 0.4) is 0 Å². The quantitative estimate of drug-likeness (QED) is 0.351. The number of pyridine rings is 1. The van der Waals surface area contributed by atoms with Crippen molar-refractivity contribution < 1.29 is 4.39 Å². The molecule has 0 radical (unpaired) electrons. The average molecular weight is 417 g/mol. The van der Waals surface area contributed by atoms with Gasteiger partial charge in [-0.05, 0) is 36.2 Å². The van der Waals surface area contributed by atoms with E-state index in [1.807, 2.05) is 28.8 Å². The van der Waals surface area contributed by atoms with Crippen LogP contribution in [-0.4, -0.2) is 40.7 Å². The molecule has 0 atom stereocenters. The highest BCUT2D eigenvalue weighted by Gasteiger charge is 2.24. The van der Waals surface area contributed by atoms with Crippen LogP contribution in [0.5, 0.6) is 0 Å². The maximum Gasteiger partial charge on any atom is 0.191 e. The summed E-state index contributed by atoms with van der Waals surface area (Å²) in [7, 11) is 1.74. The molecule has 0 unspecified atom stereocenters. The van der Waals surface area contributed by atoms with Crippen LogP contribution in [0, 0.1) is 5.82 Å². The van der Waals surface area contributed by atoms with Gasteiger partial charge in [-0.25, -0.2) is 4.39 Å². The summed E-state index contributed by atoms with van der Waals surface area (Å²) < 4.78 is 15.3. The monoisotopic (exact) mass is 416 g/mol. The SMILES string of the molecule is CN=C(NCCCc1nnc2ccccn12)NCC(C)(C)c1ccc(F)cc1Cl. The zero-order valence-electron chi connectivity index (χ0n) is 16.9. The van der Waals surface area contributed by atoms with Gasteiger partial charge in [0.2, 0.25) is 0 Å². The van der Waals surface area contributed by atoms with Crippen molar-refractivity contribution in [2.24, 2.45) is 4.99 Å². The van der Waals surface area contributed by atoms with E-state index in [0.29, 0.717) is 17.5 Å². The molecule has 29 heavy (non-hydrogen) atoms. The molecule has 0 aliphatic rings. The van der Waals surface area contributed by atoms with Gasteiger partial charge in [0.1, 0.15) is 11.6 Å². The van der Waals surface area contributed by atoms with Gasteiger partial charge in [-0.3, -0.25) is 9.39 Å². The van der Waals surface area contributed by atoms with E-state index in [9.17, 15) is 4.39 Å². The van der Waals surface area contributed by atoms with Gasteiger partial charge in [0.15, 0.2) is 11.6 Å². The van der Waals surface area contributed by atoms with E-state index in [2.05, 4.69) is 39.7 Å². The van der Waals surface area contributed by atoms with Gasteiger partial charge in [0, 0.05) is 43.2 Å². The van der Waals surface area contributed by atoms with Gasteiger partial charge >= 0.3 is 0 Å². The van der Waals surface area contributed by atoms with Crippen molar-refractivity contribution in [2.45, 2.75) is 32.1 Å². The van der Waals surface area contributed by atoms with Gasteiger partial charge < -0.3 is 10.6 Å². The summed E-state index contributed by atoms with van der Waals surface area (Å²) in [6, 6.07) is 10.4. The van der Waals surface area contributed by atoms with E-state index in [1.54, 1.807) is 13.1 Å². The Bertz CT molecular complexity index is 998. The van der Waals surface area contributed by atoms with Crippen LogP contribution in [0.1, 0.15) is 31.7 Å². The first-order valence-electron chi connectivity index (χ1n) is 9.59. The molecule has 0 amide bonds. The Labute approximate surface area is 175 Å². The van der Waals surface area contributed by atoms with Crippen molar-refractivity contribution in [1.29, 1.82) is 0 Å². The molecule has 6 nitrogen and oxygen atoms in total. The van der Waals surface area contributed by atoms with Crippen molar-refractivity contribution in [1.82, 2.24) is 25.2 Å². The number of rotatable bonds is 7. The number of aliphatic imine (C=N–C) groups is 1. The second-order valence-electron chi connectivity index (χ2n) is 7.51. The topological polar surface area (TPSA) is 66.6 Å². The fraction of sp³-hybridized carbons (Fsp3) is 0.381. The zero-order valence-corrected chi connectivity index (χ0v) is 17.7. The lowest BCUT2D eigenvalue weighted by atomic mass is 9.84. The van der Waals surface area contributed by atoms with Crippen molar-refractivity contribution in [3.05, 3.63) is 64.8 Å². The second-order valence-corrected chi connectivity index (χ2v) is 7.92. The fourth-order valence-electron chi connectivity index (χ4n) is 3.17. The lowest BCUT2D eigenvalue weighted by Crippen LogP contribution is -2.43. The summed E-state index contributed by atoms with van der Waals surface area (Å²) in [6.07, 6.45) is 3.68. The molecule has 8 heteroatoms. The summed E-state index contributed by atoms with van der Waals surface area (Å²) in [5.74, 6) is 1.32. The number of fused-ring (bicyclic) bond motifs is 1. The first-order valence-corrected chi connectivity index (χ1v) is 9.97. The minimum atomic E-state index is -0.333. The van der Waals surface area contributed by atoms with E-state index in [1.165, 1.54) is 12.1 Å². The minimum Gasteiger partial charge on any atom is -0.356 e. The van der Waals surface area contributed by atoms with Crippen molar-refractivity contribution in [3.8, 4) is 0 Å². The number of guanidine groups is 1. The van der Waals surface area contributed by atoms with Gasteiger partial charge in [-0.1, -0.05) is 37.6 Å². The lowest BCUT2D eigenvalue weighted by Gasteiger charge is -2.27. The molecular weight excluding hydrogens is 391 g/mol. The number of hydrogen-bond donors (Lipinski definition) is 2. The largest absolute Gasteiger partial charge is 0.356 e. The zero-order chi connectivity index (χ0) is 20.9. The molecule has 0 aliphatic heterocycles. The molecule has 0 saturated carbocycles. The number of nitrogens with one attached hydrogen (secondary N) is 2. The average Bonchev–Trinajstić information content (AvgIpc) is 3.10. The van der Waals surface area contributed by atoms with Crippen LogP contribution in [0.15, 0.2) is 47.6 Å². The summed E-state index contributed by atoms with van der Waals surface area (Å²) in [5, 5.41) is 15.5. The Morgan fingerprint density at radius 1 is 1.21 bits per heavy atom. The molecule has 1 aromatic carbocycles. The van der Waals surface area contributed by atoms with Crippen molar-refractivity contribution in [2.75, 3.05) is 20.1 Å². The first-order chi connectivity index (χ1) is 13.9. The maximum atomic E-state index is 13.3. The van der Waals surface area contributed by atoms with Crippen molar-refractivity contribution in [3.63, 3.8) is 0 Å². The van der Waals surface area contributed by atoms with Crippen LogP contribution in [0.4, 0.5) is 4.39 Å². The molecule has 2 heterocycles. The summed E-state index contributed by atoms with van der Waals surface area (Å²) >= 11 is 6.23. The van der Waals surface area contributed by atoms with Gasteiger partial charge in [-0.2, -0.15) is 0 Å². The van der Waals surface area contributed by atoms with E-state index in [0.717, 1.165) is 36.4 Å². The highest BCUT2D eigenvalue weighted by Crippen LogP contribution is 2.29. The third-order valence-corrected chi connectivity index (χ3v) is 5.15. The number of aryl methyl sites for hydroxylation is 1. The molecule has 0 fully saturated rings. The smallest absolute Gasteiger partial charge is 0.191 e. The van der Waals surface area contributed by atoms with Gasteiger partial charge in [0.05, 0.1) is 0 Å². The van der Waals surface area contributed by atoms with Crippen molar-refractivity contribution >= 4 is 23.2 Å². The standard InChI is InChI=1S/C21H26ClFN6/c1-21(2,16-10-9-15(23)13-17(16)22)14-26-20(24-3)25-11-6-8-19-28-27-18-7-4-5-12-29(18)19/h4-5,7,9-10,12-13H,6,8,11,14H2,1-3H3,(H2,24,25,26). The van der Waals surface area contributed by atoms with E-state index >= 15 is 0 Å². The Morgan fingerprint density at radius 2 is 2.03 bits per heavy atom. The summed E-state index contributed by atoms with van der Waals surface area (Å²) in [4.78, 5) is 4.27. The molecule has 0 bridgehead atoms. The van der Waals surface area contributed by atoms with Crippen LogP contribution in [-0.2, 0) is 11.8 Å². The third kappa shape index (κ3) is 5.23. The van der Waals surface area contributed by atoms with Gasteiger partial charge in [0.25, 0.3) is 0 Å². The molecule has 3 rings (SSSR count). The van der Waals surface area contributed by atoms with Crippen LogP contribution < -0.4 is 10.6 Å². The predicted octanol–water partition coefficient (Wildman–Crippen LogP) is 3.60. The van der Waals surface area contributed by atoms with Gasteiger partial charge in [-0.15, -0.1) is 10.2 Å². The highest BCUT2D eigenvalue weighted by molar-refractivity contribution is 6.31. The molecular formula is C21H26ClFN6. The molecule has 2 aromatic heterocycles. The van der Waals surface area contributed by atoms with Crippen LogP contribution in [0.2, 0.25) is 5.02 Å².